The summed E-state index contributed by atoms with van der Waals surface area (Å²) in [6.07, 6.45) is 5.00. The number of carboxylic acid groups (broad SMARTS) is 1. The fourth-order valence-electron chi connectivity index (χ4n) is 1.90. The molecule has 0 atom stereocenters. The molecule has 4 heteroatoms. The Hall–Kier alpha value is -2.23. The van der Waals surface area contributed by atoms with E-state index in [0.717, 1.165) is 29.1 Å². The molecule has 1 aromatic rings. The molecule has 0 saturated carbocycles. The summed E-state index contributed by atoms with van der Waals surface area (Å²) in [5.41, 5.74) is 2.05. The van der Waals surface area contributed by atoms with Crippen molar-refractivity contribution in [1.29, 1.82) is 0 Å². The largest absolute Gasteiger partial charge is 0.496 e. The lowest BCUT2D eigenvalue weighted by Gasteiger charge is -2.12. The summed E-state index contributed by atoms with van der Waals surface area (Å²) in [6, 6.07) is 5.79. The number of carboxylic acids is 1. The van der Waals surface area contributed by atoms with Crippen LogP contribution in [-0.2, 0) is 9.53 Å². The van der Waals surface area contributed by atoms with Gasteiger partial charge >= 0.3 is 5.97 Å². The summed E-state index contributed by atoms with van der Waals surface area (Å²) < 4.78 is 11.0. The average molecular weight is 290 g/mol. The molecule has 0 spiro atoms. The van der Waals surface area contributed by atoms with Crippen LogP contribution in [-0.4, -0.2) is 24.8 Å². The van der Waals surface area contributed by atoms with Crippen molar-refractivity contribution in [3.8, 4) is 5.75 Å². The van der Waals surface area contributed by atoms with Crippen molar-refractivity contribution in [3.05, 3.63) is 48.1 Å². The van der Waals surface area contributed by atoms with Gasteiger partial charge in [0.25, 0.3) is 0 Å². The highest BCUT2D eigenvalue weighted by Crippen LogP contribution is 2.25. The van der Waals surface area contributed by atoms with Gasteiger partial charge in [-0.15, -0.1) is 0 Å². The maximum atomic E-state index is 10.4. The first-order chi connectivity index (χ1) is 10.1. The molecular weight excluding hydrogens is 268 g/mol. The first-order valence-corrected chi connectivity index (χ1v) is 6.90. The van der Waals surface area contributed by atoms with Gasteiger partial charge < -0.3 is 14.6 Å². The van der Waals surface area contributed by atoms with E-state index in [0.29, 0.717) is 13.0 Å². The molecule has 0 unspecified atom stereocenters. The minimum absolute atomic E-state index is 0.179. The Morgan fingerprint density at radius 1 is 1.38 bits per heavy atom. The Balaban J connectivity index is 2.66. The van der Waals surface area contributed by atoms with Crippen LogP contribution in [0.3, 0.4) is 0 Å². The fourth-order valence-corrected chi connectivity index (χ4v) is 1.90. The highest BCUT2D eigenvalue weighted by atomic mass is 16.5. The van der Waals surface area contributed by atoms with E-state index in [4.69, 9.17) is 14.6 Å². The standard InChI is InChI=1S/C17H22O4/c1-4-7-16(20-3)15-12-14(10-9-13(15)2)21-11-6-5-8-17(18)19/h4,7,9-10,12H,1,5-6,8,11H2,2-3H3,(H,18,19)/b16-7+. The van der Waals surface area contributed by atoms with Crippen LogP contribution in [0.25, 0.3) is 5.76 Å². The van der Waals surface area contributed by atoms with Crippen molar-refractivity contribution in [2.45, 2.75) is 26.2 Å². The topological polar surface area (TPSA) is 55.8 Å². The van der Waals surface area contributed by atoms with Gasteiger partial charge in [0.15, 0.2) is 0 Å². The molecule has 0 bridgehead atoms. The maximum absolute atomic E-state index is 10.4. The third-order valence-electron chi connectivity index (χ3n) is 3.02. The number of hydrogen-bond acceptors (Lipinski definition) is 3. The van der Waals surface area contributed by atoms with Gasteiger partial charge in [0.2, 0.25) is 0 Å². The Bertz CT molecular complexity index is 518. The molecule has 1 N–H and O–H groups in total. The second kappa shape index (κ2) is 8.84. The maximum Gasteiger partial charge on any atom is 0.303 e. The van der Waals surface area contributed by atoms with Gasteiger partial charge in [0, 0.05) is 12.0 Å². The summed E-state index contributed by atoms with van der Waals surface area (Å²) >= 11 is 0. The minimum Gasteiger partial charge on any atom is -0.496 e. The minimum atomic E-state index is -0.771. The van der Waals surface area contributed by atoms with Crippen LogP contribution in [0.15, 0.2) is 36.9 Å². The molecule has 0 aliphatic heterocycles. The molecule has 0 radical (unpaired) electrons. The summed E-state index contributed by atoms with van der Waals surface area (Å²) in [7, 11) is 1.62. The van der Waals surface area contributed by atoms with Gasteiger partial charge in [-0.1, -0.05) is 18.7 Å². The van der Waals surface area contributed by atoms with Crippen molar-refractivity contribution in [1.82, 2.24) is 0 Å². The number of aliphatic carboxylic acids is 1. The predicted molar refractivity (Wildman–Crippen MR) is 83.3 cm³/mol. The molecule has 0 saturated heterocycles. The van der Waals surface area contributed by atoms with Crippen molar-refractivity contribution in [2.24, 2.45) is 0 Å². The van der Waals surface area contributed by atoms with Crippen LogP contribution in [0.5, 0.6) is 5.75 Å². The van der Waals surface area contributed by atoms with Crippen LogP contribution in [0.1, 0.15) is 30.4 Å². The van der Waals surface area contributed by atoms with Gasteiger partial charge in [0.05, 0.1) is 13.7 Å². The van der Waals surface area contributed by atoms with E-state index in [1.54, 1.807) is 19.3 Å². The Morgan fingerprint density at radius 3 is 2.76 bits per heavy atom. The summed E-state index contributed by atoms with van der Waals surface area (Å²) in [4.78, 5) is 10.4. The lowest BCUT2D eigenvalue weighted by Crippen LogP contribution is -2.01. The first kappa shape index (κ1) is 16.8. The number of ether oxygens (including phenoxy) is 2. The number of aryl methyl sites for hydroxylation is 1. The van der Waals surface area contributed by atoms with Crippen LogP contribution in [0.2, 0.25) is 0 Å². The second-order valence-corrected chi connectivity index (χ2v) is 4.65. The number of methoxy groups -OCH3 is 1. The van der Waals surface area contributed by atoms with E-state index < -0.39 is 5.97 Å². The van der Waals surface area contributed by atoms with Gasteiger partial charge in [-0.25, -0.2) is 0 Å². The van der Waals surface area contributed by atoms with Gasteiger partial charge in [0.1, 0.15) is 11.5 Å². The zero-order chi connectivity index (χ0) is 15.7. The molecule has 1 rings (SSSR count). The molecule has 0 aliphatic carbocycles. The monoisotopic (exact) mass is 290 g/mol. The van der Waals surface area contributed by atoms with Crippen LogP contribution < -0.4 is 4.74 Å². The number of unbranched alkanes of at least 4 members (excludes halogenated alkanes) is 1. The molecule has 0 aromatic heterocycles. The van der Waals surface area contributed by atoms with E-state index >= 15 is 0 Å². The first-order valence-electron chi connectivity index (χ1n) is 6.90. The summed E-state index contributed by atoms with van der Waals surface area (Å²) in [6.45, 7) is 6.18. The normalized spacial score (nSPS) is 11.0. The molecule has 114 valence electrons. The Kier molecular flexibility index (Phi) is 7.09. The Morgan fingerprint density at radius 2 is 2.14 bits per heavy atom. The van der Waals surface area contributed by atoms with E-state index in [-0.39, 0.29) is 6.42 Å². The van der Waals surface area contributed by atoms with Gasteiger partial charge in [-0.05, 0) is 43.5 Å². The van der Waals surface area contributed by atoms with Gasteiger partial charge in [-0.2, -0.15) is 0 Å². The quantitative estimate of drug-likeness (QED) is 0.427. The third-order valence-corrected chi connectivity index (χ3v) is 3.02. The number of allylic oxidation sites excluding steroid dienone is 2. The zero-order valence-corrected chi connectivity index (χ0v) is 12.6. The van der Waals surface area contributed by atoms with E-state index in [2.05, 4.69) is 6.58 Å². The third kappa shape index (κ3) is 5.73. The van der Waals surface area contributed by atoms with Crippen molar-refractivity contribution < 1.29 is 19.4 Å². The molecule has 0 heterocycles. The second-order valence-electron chi connectivity index (χ2n) is 4.65. The molecule has 21 heavy (non-hydrogen) atoms. The summed E-state index contributed by atoms with van der Waals surface area (Å²) in [5.74, 6) is 0.712. The SMILES string of the molecule is C=C/C=C(/OC)c1cc(OCCCCC(=O)O)ccc1C. The molecule has 0 fully saturated rings. The predicted octanol–water partition coefficient (Wildman–Crippen LogP) is 3.80. The van der Waals surface area contributed by atoms with Crippen molar-refractivity contribution >= 4 is 11.7 Å². The zero-order valence-electron chi connectivity index (χ0n) is 12.6. The molecule has 1 aromatic carbocycles. The molecule has 0 aliphatic rings. The fraction of sp³-hybridized carbons (Fsp3) is 0.353. The summed E-state index contributed by atoms with van der Waals surface area (Å²) in [5, 5.41) is 8.57. The molecule has 4 nitrogen and oxygen atoms in total. The number of hydrogen-bond donors (Lipinski definition) is 1. The Labute approximate surface area is 125 Å². The van der Waals surface area contributed by atoms with E-state index in [9.17, 15) is 4.79 Å². The van der Waals surface area contributed by atoms with Gasteiger partial charge in [-0.3, -0.25) is 4.79 Å². The number of carbonyl (C=O) groups is 1. The lowest BCUT2D eigenvalue weighted by molar-refractivity contribution is -0.137. The molecular formula is C17H22O4. The highest BCUT2D eigenvalue weighted by Gasteiger charge is 2.07. The average Bonchev–Trinajstić information content (AvgIpc) is 2.46. The van der Waals surface area contributed by atoms with E-state index in [1.165, 1.54) is 0 Å². The van der Waals surface area contributed by atoms with Crippen LogP contribution >= 0.6 is 0 Å². The smallest absolute Gasteiger partial charge is 0.303 e. The van der Waals surface area contributed by atoms with Crippen LogP contribution in [0.4, 0.5) is 0 Å². The van der Waals surface area contributed by atoms with Crippen molar-refractivity contribution in [3.63, 3.8) is 0 Å². The molecule has 0 amide bonds. The number of rotatable bonds is 9. The lowest BCUT2D eigenvalue weighted by atomic mass is 10.1. The van der Waals surface area contributed by atoms with E-state index in [1.807, 2.05) is 25.1 Å². The van der Waals surface area contributed by atoms with Crippen LogP contribution in [0, 0.1) is 6.92 Å². The highest BCUT2D eigenvalue weighted by molar-refractivity contribution is 5.66. The number of benzene rings is 1. The van der Waals surface area contributed by atoms with Crippen molar-refractivity contribution in [2.75, 3.05) is 13.7 Å².